The van der Waals surface area contributed by atoms with Crippen LogP contribution in [0, 0.1) is 0 Å². The lowest BCUT2D eigenvalue weighted by atomic mass is 10.9. The average molecular weight is 74.1 g/mol. The second-order valence-electron chi connectivity index (χ2n) is 1.12. The van der Waals surface area contributed by atoms with Gasteiger partial charge >= 0.3 is 0 Å². The molecule has 0 aliphatic carbocycles. The van der Waals surface area contributed by atoms with Crippen LogP contribution < -0.4 is 22.3 Å². The van der Waals surface area contributed by atoms with Crippen LogP contribution in [-0.2, 0) is 0 Å². The Bertz CT molecular complexity index is 41.6. The van der Waals surface area contributed by atoms with Gasteiger partial charge in [-0.3, -0.25) is 11.5 Å². The Morgan fingerprint density at radius 3 is 1.40 bits per heavy atom. The summed E-state index contributed by atoms with van der Waals surface area (Å²) in [5, 5.41) is 0. The summed E-state index contributed by atoms with van der Waals surface area (Å²) >= 11 is 0. The smallest absolute Gasteiger partial charge is 0.202 e. The third-order valence-electron chi connectivity index (χ3n) is 0.414. The van der Waals surface area contributed by atoms with Gasteiger partial charge < -0.3 is 0 Å². The fourth-order valence-electron chi connectivity index (χ4n) is 0.0722. The van der Waals surface area contributed by atoms with E-state index in [-0.39, 0.29) is 0 Å². The molecule has 30 valence electrons. The maximum Gasteiger partial charge on any atom is 0.202 e. The summed E-state index contributed by atoms with van der Waals surface area (Å²) in [4.78, 5) is 0. The minimum atomic E-state index is -0.750. The highest BCUT2D eigenvalue weighted by atomic mass is 15.8. The number of hydrogen-bond donors (Lipinski definition) is 4. The van der Waals surface area contributed by atoms with Crippen molar-refractivity contribution in [2.24, 2.45) is 11.5 Å². The summed E-state index contributed by atoms with van der Waals surface area (Å²) in [7, 11) is 0. The average Bonchev–Trinajstić information content (AvgIpc) is 1.76. The third-order valence-corrected chi connectivity index (χ3v) is 0.414. The molecule has 1 saturated heterocycles. The van der Waals surface area contributed by atoms with Crippen LogP contribution in [0.25, 0.3) is 0 Å². The molecular weight excluding hydrogens is 68.0 g/mol. The van der Waals surface area contributed by atoms with Crippen molar-refractivity contribution in [3.63, 3.8) is 0 Å². The van der Waals surface area contributed by atoms with Gasteiger partial charge in [-0.2, -0.15) is 0 Å². The fraction of sp³-hybridized carbons (Fsp3) is 1.00. The van der Waals surface area contributed by atoms with E-state index in [9.17, 15) is 0 Å². The van der Waals surface area contributed by atoms with Crippen molar-refractivity contribution >= 4 is 0 Å². The molecule has 0 radical (unpaired) electrons. The normalized spacial score (nSPS) is 30.0. The van der Waals surface area contributed by atoms with E-state index in [2.05, 4.69) is 10.9 Å². The second kappa shape index (κ2) is 0.504. The third kappa shape index (κ3) is 0.555. The van der Waals surface area contributed by atoms with Crippen LogP contribution in [0.2, 0.25) is 0 Å². The van der Waals surface area contributed by atoms with E-state index >= 15 is 0 Å². The van der Waals surface area contributed by atoms with E-state index < -0.39 is 5.91 Å². The van der Waals surface area contributed by atoms with Gasteiger partial charge in [-0.1, -0.05) is 0 Å². The molecule has 4 nitrogen and oxygen atoms in total. The lowest BCUT2D eigenvalue weighted by molar-refractivity contribution is 0.674. The van der Waals surface area contributed by atoms with Gasteiger partial charge in [0, 0.05) is 0 Å². The Hall–Kier alpha value is -0.160. The van der Waals surface area contributed by atoms with Crippen molar-refractivity contribution in [3.8, 4) is 0 Å². The Kier molecular flexibility index (Phi) is 0.307. The van der Waals surface area contributed by atoms with Crippen LogP contribution >= 0.6 is 0 Å². The van der Waals surface area contributed by atoms with E-state index in [1.54, 1.807) is 0 Å². The zero-order valence-electron chi connectivity index (χ0n) is 2.65. The number of rotatable bonds is 0. The molecule has 0 aromatic carbocycles. The molecule has 0 atom stereocenters. The maximum atomic E-state index is 5.02. The number of nitrogens with two attached hydrogens (primary N) is 2. The van der Waals surface area contributed by atoms with Crippen LogP contribution in [0.1, 0.15) is 0 Å². The monoisotopic (exact) mass is 74.1 g/mol. The van der Waals surface area contributed by atoms with Crippen LogP contribution in [-0.4, -0.2) is 5.91 Å². The topological polar surface area (TPSA) is 95.9 Å². The Labute approximate surface area is 29.5 Å². The Balaban J connectivity index is 2.38. The molecule has 0 spiro atoms. The summed E-state index contributed by atoms with van der Waals surface area (Å²) in [6.07, 6.45) is 0. The van der Waals surface area contributed by atoms with Crippen molar-refractivity contribution < 1.29 is 0 Å². The summed E-state index contributed by atoms with van der Waals surface area (Å²) in [5.74, 6) is -0.750. The van der Waals surface area contributed by atoms with Gasteiger partial charge in [0.25, 0.3) is 0 Å². The second-order valence-corrected chi connectivity index (χ2v) is 1.12. The molecule has 0 bridgehead atoms. The first-order valence-electron chi connectivity index (χ1n) is 1.33. The summed E-state index contributed by atoms with van der Waals surface area (Å²) in [6.45, 7) is 0. The molecule has 1 rings (SSSR count). The maximum absolute atomic E-state index is 5.02. The van der Waals surface area contributed by atoms with Gasteiger partial charge in [0.15, 0.2) is 0 Å². The molecule has 1 aliphatic heterocycles. The van der Waals surface area contributed by atoms with Crippen molar-refractivity contribution in [1.82, 2.24) is 10.9 Å². The highest BCUT2D eigenvalue weighted by Gasteiger charge is 2.30. The molecule has 0 aromatic rings. The molecule has 0 unspecified atom stereocenters. The summed E-state index contributed by atoms with van der Waals surface area (Å²) in [6, 6.07) is 0. The van der Waals surface area contributed by atoms with E-state index in [1.807, 2.05) is 0 Å². The van der Waals surface area contributed by atoms with E-state index in [0.29, 0.717) is 0 Å². The first-order valence-corrected chi connectivity index (χ1v) is 1.33. The molecule has 5 heavy (non-hydrogen) atoms. The predicted molar refractivity (Wildman–Crippen MR) is 17.4 cm³/mol. The lowest BCUT2D eigenvalue weighted by Crippen LogP contribution is -2.40. The number of nitrogens with one attached hydrogen (secondary N) is 2. The van der Waals surface area contributed by atoms with Gasteiger partial charge in [-0.25, -0.2) is 10.9 Å². The highest BCUT2D eigenvalue weighted by Crippen LogP contribution is 1.81. The molecule has 0 saturated carbocycles. The van der Waals surface area contributed by atoms with Crippen LogP contribution in [0.15, 0.2) is 0 Å². The minimum Gasteiger partial charge on any atom is -0.286 e. The number of hydrazine groups is 1. The van der Waals surface area contributed by atoms with Crippen LogP contribution in [0.3, 0.4) is 0 Å². The molecule has 4 heteroatoms. The molecule has 6 N–H and O–H groups in total. The zero-order chi connectivity index (χ0) is 3.91. The Morgan fingerprint density at radius 1 is 1.20 bits per heavy atom. The Morgan fingerprint density at radius 2 is 1.40 bits per heavy atom. The molecule has 0 amide bonds. The first kappa shape index (κ1) is 3.05. The fourth-order valence-corrected chi connectivity index (χ4v) is 0.0722. The molecule has 1 fully saturated rings. The summed E-state index contributed by atoms with van der Waals surface area (Å²) in [5.41, 5.74) is 15.0. The zero-order valence-corrected chi connectivity index (χ0v) is 2.65. The lowest BCUT2D eigenvalue weighted by Gasteiger charge is -1.84. The van der Waals surface area contributed by atoms with Gasteiger partial charge in [0.2, 0.25) is 5.91 Å². The first-order chi connectivity index (χ1) is 2.21. The quantitative estimate of drug-likeness (QED) is 0.190. The largest absolute Gasteiger partial charge is 0.286 e. The van der Waals surface area contributed by atoms with Gasteiger partial charge in [-0.15, -0.1) is 0 Å². The van der Waals surface area contributed by atoms with Gasteiger partial charge in [0.05, 0.1) is 0 Å². The molecule has 1 heterocycles. The predicted octanol–water partition coefficient (Wildman–Crippen LogP) is -2.38. The minimum absolute atomic E-state index is 0.750. The molecular formula is CH6N4. The van der Waals surface area contributed by atoms with Gasteiger partial charge in [-0.05, 0) is 0 Å². The van der Waals surface area contributed by atoms with E-state index in [4.69, 9.17) is 11.5 Å². The van der Waals surface area contributed by atoms with Crippen molar-refractivity contribution in [2.75, 3.05) is 0 Å². The highest BCUT2D eigenvalue weighted by molar-refractivity contribution is 4.78. The summed E-state index contributed by atoms with van der Waals surface area (Å²) < 4.78 is 0. The van der Waals surface area contributed by atoms with Crippen molar-refractivity contribution in [1.29, 1.82) is 0 Å². The van der Waals surface area contributed by atoms with E-state index in [0.717, 1.165) is 0 Å². The van der Waals surface area contributed by atoms with Gasteiger partial charge in [0.1, 0.15) is 0 Å². The SMILES string of the molecule is NC1(N)NN1. The van der Waals surface area contributed by atoms with Crippen molar-refractivity contribution in [3.05, 3.63) is 0 Å². The van der Waals surface area contributed by atoms with E-state index in [1.165, 1.54) is 0 Å². The molecule has 0 aromatic heterocycles. The van der Waals surface area contributed by atoms with Crippen molar-refractivity contribution in [2.45, 2.75) is 5.91 Å². The molecule has 1 aliphatic rings. The van der Waals surface area contributed by atoms with Crippen LogP contribution in [0.5, 0.6) is 0 Å². The standard InChI is InChI=1S/CH6N4/c2-1(3)4-5-1/h4-5H,2-3H2. The number of hydrogen-bond acceptors (Lipinski definition) is 4. The van der Waals surface area contributed by atoms with Crippen LogP contribution in [0.4, 0.5) is 0 Å².